The quantitative estimate of drug-likeness (QED) is 0.0166. The number of rotatable bonds is 45. The van der Waals surface area contributed by atoms with Crippen LogP contribution in [0.2, 0.25) is 0 Å². The number of phosphoric acid groups is 2. The number of carbonyl (C=O) groups excluding carboxylic acids is 2. The van der Waals surface area contributed by atoms with Crippen LogP contribution < -0.4 is 0 Å². The first-order valence-corrected chi connectivity index (χ1v) is 26.6. The molecule has 5 N–H and O–H groups in total. The van der Waals surface area contributed by atoms with E-state index in [2.05, 4.69) is 92.7 Å². The van der Waals surface area contributed by atoms with Gasteiger partial charge in [-0.3, -0.25) is 27.7 Å². The molecule has 64 heavy (non-hydrogen) atoms. The minimum absolute atomic E-state index is 0.155. The lowest BCUT2D eigenvalue weighted by Gasteiger charge is -2.19. The molecular weight excluding hydrogens is 866 g/mol. The summed E-state index contributed by atoms with van der Waals surface area (Å²) >= 11 is 0. The molecule has 0 amide bonds. The SMILES string of the molecule is CC/C=C\C/C=C\C/C=C\C/C=C\C/C=C\CCCCCC(=O)OCC(O)COP(=O)(O)OCC(O)COP(=O)(O)OCC(O)COC(=O)CCCCCCCCCCCCCCC. The lowest BCUT2D eigenvalue weighted by molar-refractivity contribution is -0.148. The Bertz CT molecular complexity index is 1380. The van der Waals surface area contributed by atoms with Crippen molar-refractivity contribution in [2.24, 2.45) is 0 Å². The number of allylic oxidation sites excluding steroid dienone is 10. The third kappa shape index (κ3) is 44.9. The molecule has 0 aliphatic carbocycles. The highest BCUT2D eigenvalue weighted by Crippen LogP contribution is 2.45. The minimum atomic E-state index is -4.79. The van der Waals surface area contributed by atoms with Gasteiger partial charge in [-0.25, -0.2) is 9.13 Å². The molecule has 0 fully saturated rings. The second kappa shape index (κ2) is 43.3. The van der Waals surface area contributed by atoms with E-state index in [9.17, 15) is 43.8 Å². The molecule has 5 unspecified atom stereocenters. The van der Waals surface area contributed by atoms with E-state index in [-0.39, 0.29) is 12.8 Å². The van der Waals surface area contributed by atoms with Gasteiger partial charge in [0.15, 0.2) is 0 Å². The summed E-state index contributed by atoms with van der Waals surface area (Å²) in [5, 5.41) is 30.0. The standard InChI is InChI=1S/C47H84O15P2/c1-3-5-7-9-11-13-15-17-18-19-20-21-22-24-26-28-30-32-34-36-47(52)58-38-44(49)40-60-64(55,56)62-42-45(50)41-61-63(53,54)59-39-43(48)37-57-46(51)35-33-31-29-27-25-23-16-14-12-10-8-6-4-2/h5,7,11,13,17-18,20-21,24,26,43-45,48-50H,3-4,6,8-10,12,14-16,19,22-23,25,27-42H2,1-2H3,(H,53,54)(H,55,56)/b7-5-,13-11-,18-17-,21-20-,26-24-. The fraction of sp³-hybridized carbons (Fsp3) is 0.745. The van der Waals surface area contributed by atoms with E-state index in [1.807, 2.05) is 0 Å². The third-order valence-corrected chi connectivity index (χ3v) is 11.4. The van der Waals surface area contributed by atoms with Gasteiger partial charge < -0.3 is 34.6 Å². The number of hydrogen-bond donors (Lipinski definition) is 5. The average molecular weight is 951 g/mol. The minimum Gasteiger partial charge on any atom is -0.463 e. The van der Waals surface area contributed by atoms with Gasteiger partial charge >= 0.3 is 27.6 Å². The molecule has 0 bridgehead atoms. The largest absolute Gasteiger partial charge is 0.472 e. The van der Waals surface area contributed by atoms with Crippen LogP contribution in [-0.4, -0.2) is 95.0 Å². The van der Waals surface area contributed by atoms with Crippen molar-refractivity contribution in [3.05, 3.63) is 60.8 Å². The van der Waals surface area contributed by atoms with E-state index in [1.54, 1.807) is 0 Å². The molecule has 0 aromatic carbocycles. The normalized spacial score (nSPS) is 15.7. The maximum absolute atomic E-state index is 12.2. The second-order valence-electron chi connectivity index (χ2n) is 15.7. The molecular formula is C47H84O15P2. The Hall–Kier alpha value is -2.26. The van der Waals surface area contributed by atoms with Gasteiger partial charge in [-0.2, -0.15) is 0 Å². The van der Waals surface area contributed by atoms with Crippen molar-refractivity contribution < 1.29 is 71.4 Å². The van der Waals surface area contributed by atoms with Crippen LogP contribution in [-0.2, 0) is 46.3 Å². The molecule has 372 valence electrons. The fourth-order valence-electron chi connectivity index (χ4n) is 5.83. The molecule has 0 heterocycles. The van der Waals surface area contributed by atoms with Gasteiger partial charge in [0.25, 0.3) is 0 Å². The van der Waals surface area contributed by atoms with Crippen LogP contribution in [0.5, 0.6) is 0 Å². The lowest BCUT2D eigenvalue weighted by atomic mass is 10.0. The summed E-state index contributed by atoms with van der Waals surface area (Å²) in [4.78, 5) is 43.7. The lowest BCUT2D eigenvalue weighted by Crippen LogP contribution is -2.25. The smallest absolute Gasteiger partial charge is 0.463 e. The molecule has 0 aliphatic heterocycles. The summed E-state index contributed by atoms with van der Waals surface area (Å²) in [6.07, 6.45) is 40.7. The number of unbranched alkanes of at least 4 members (excludes halogenated alkanes) is 15. The summed E-state index contributed by atoms with van der Waals surface area (Å²) < 4.78 is 52.9. The summed E-state index contributed by atoms with van der Waals surface area (Å²) in [7, 11) is -9.58. The molecule has 0 saturated heterocycles. The molecule has 0 aliphatic rings. The van der Waals surface area contributed by atoms with Crippen LogP contribution in [0.25, 0.3) is 0 Å². The van der Waals surface area contributed by atoms with Gasteiger partial charge in [0.05, 0.1) is 26.4 Å². The Labute approximate surface area is 384 Å². The first-order valence-electron chi connectivity index (χ1n) is 23.6. The van der Waals surface area contributed by atoms with Crippen molar-refractivity contribution >= 4 is 27.6 Å². The Morgan fingerprint density at radius 3 is 1.08 bits per heavy atom. The number of esters is 2. The number of ether oxygens (including phenoxy) is 2. The summed E-state index contributed by atoms with van der Waals surface area (Å²) in [6, 6.07) is 0. The maximum atomic E-state index is 12.2. The predicted octanol–water partition coefficient (Wildman–Crippen LogP) is 10.6. The first kappa shape index (κ1) is 61.7. The zero-order chi connectivity index (χ0) is 47.4. The molecule has 15 nitrogen and oxygen atoms in total. The number of aliphatic hydroxyl groups excluding tert-OH is 3. The molecule has 17 heteroatoms. The number of phosphoric ester groups is 2. The summed E-state index contributed by atoms with van der Waals surface area (Å²) in [6.45, 7) is 0.258. The summed E-state index contributed by atoms with van der Waals surface area (Å²) in [5.74, 6) is -1.03. The second-order valence-corrected chi connectivity index (χ2v) is 18.7. The van der Waals surface area contributed by atoms with Crippen LogP contribution in [0.4, 0.5) is 0 Å². The zero-order valence-corrected chi connectivity index (χ0v) is 40.7. The van der Waals surface area contributed by atoms with Crippen molar-refractivity contribution in [3.8, 4) is 0 Å². The van der Waals surface area contributed by atoms with Gasteiger partial charge in [0, 0.05) is 12.8 Å². The van der Waals surface area contributed by atoms with Crippen molar-refractivity contribution in [2.45, 2.75) is 186 Å². The molecule has 0 saturated carbocycles. The Balaban J connectivity index is 3.94. The third-order valence-electron chi connectivity index (χ3n) is 9.49. The van der Waals surface area contributed by atoms with Gasteiger partial charge in [-0.05, 0) is 57.8 Å². The van der Waals surface area contributed by atoms with Gasteiger partial charge in [0.1, 0.15) is 31.5 Å². The number of carbonyl (C=O) groups is 2. The van der Waals surface area contributed by atoms with Crippen LogP contribution in [0.3, 0.4) is 0 Å². The topological polar surface area (TPSA) is 225 Å². The van der Waals surface area contributed by atoms with Gasteiger partial charge in [0.2, 0.25) is 0 Å². The molecule has 0 aromatic heterocycles. The van der Waals surface area contributed by atoms with Crippen molar-refractivity contribution in [1.82, 2.24) is 0 Å². The molecule has 0 aromatic rings. The predicted molar refractivity (Wildman–Crippen MR) is 251 cm³/mol. The van der Waals surface area contributed by atoms with Crippen LogP contribution in [0.1, 0.15) is 168 Å². The van der Waals surface area contributed by atoms with Crippen molar-refractivity contribution in [3.63, 3.8) is 0 Å². The maximum Gasteiger partial charge on any atom is 0.472 e. The highest BCUT2D eigenvalue weighted by molar-refractivity contribution is 7.47. The van der Waals surface area contributed by atoms with E-state index < -0.39 is 85.5 Å². The number of hydrogen-bond acceptors (Lipinski definition) is 13. The molecule has 0 rings (SSSR count). The van der Waals surface area contributed by atoms with Crippen LogP contribution in [0.15, 0.2) is 60.8 Å². The molecule has 0 radical (unpaired) electrons. The average Bonchev–Trinajstić information content (AvgIpc) is 3.27. The highest BCUT2D eigenvalue weighted by Gasteiger charge is 2.28. The van der Waals surface area contributed by atoms with Crippen molar-refractivity contribution in [2.75, 3.05) is 39.6 Å². The van der Waals surface area contributed by atoms with Crippen LogP contribution in [0, 0.1) is 0 Å². The van der Waals surface area contributed by atoms with Gasteiger partial charge in [-0.15, -0.1) is 0 Å². The van der Waals surface area contributed by atoms with Crippen molar-refractivity contribution in [1.29, 1.82) is 0 Å². The van der Waals surface area contributed by atoms with E-state index in [0.717, 1.165) is 70.6 Å². The summed E-state index contributed by atoms with van der Waals surface area (Å²) in [5.41, 5.74) is 0. The first-order chi connectivity index (χ1) is 30.8. The fourth-order valence-corrected chi connectivity index (χ4v) is 7.42. The molecule has 5 atom stereocenters. The zero-order valence-electron chi connectivity index (χ0n) is 38.9. The Kier molecular flexibility index (Phi) is 41.8. The monoisotopic (exact) mass is 951 g/mol. The van der Waals surface area contributed by atoms with E-state index in [0.29, 0.717) is 12.8 Å². The molecule has 0 spiro atoms. The Morgan fingerprint density at radius 1 is 0.422 bits per heavy atom. The van der Waals surface area contributed by atoms with Gasteiger partial charge in [-0.1, -0.05) is 158 Å². The number of aliphatic hydroxyl groups is 3. The van der Waals surface area contributed by atoms with E-state index >= 15 is 0 Å². The Morgan fingerprint density at radius 2 is 0.719 bits per heavy atom. The highest BCUT2D eigenvalue weighted by atomic mass is 31.2. The van der Waals surface area contributed by atoms with E-state index in [1.165, 1.54) is 57.8 Å². The van der Waals surface area contributed by atoms with Crippen LogP contribution >= 0.6 is 15.6 Å². The van der Waals surface area contributed by atoms with E-state index in [4.69, 9.17) is 9.47 Å².